The second-order valence-electron chi connectivity index (χ2n) is 3.82. The van der Waals surface area contributed by atoms with E-state index in [9.17, 15) is 0 Å². The molecule has 0 aromatic heterocycles. The molecule has 2 nitrogen and oxygen atoms in total. The SMILES string of the molecule is CC.COC1(C)CC(C)O[C@@H](C)C1. The lowest BCUT2D eigenvalue weighted by Crippen LogP contribution is -2.42. The molecule has 1 rings (SSSR count). The third kappa shape index (κ3) is 4.10. The van der Waals surface area contributed by atoms with Crippen LogP contribution in [0.1, 0.15) is 47.5 Å². The maximum atomic E-state index is 5.60. The Labute approximate surface area is 82.6 Å². The van der Waals surface area contributed by atoms with Crippen LogP contribution in [-0.2, 0) is 9.47 Å². The van der Waals surface area contributed by atoms with Crippen LogP contribution in [0.5, 0.6) is 0 Å². The van der Waals surface area contributed by atoms with Crippen molar-refractivity contribution < 1.29 is 9.47 Å². The summed E-state index contributed by atoms with van der Waals surface area (Å²) >= 11 is 0. The van der Waals surface area contributed by atoms with Crippen molar-refractivity contribution in [2.24, 2.45) is 0 Å². The molecule has 1 aliphatic heterocycles. The molecule has 1 aliphatic rings. The van der Waals surface area contributed by atoms with Crippen LogP contribution >= 0.6 is 0 Å². The molecule has 0 spiro atoms. The number of hydrogen-bond donors (Lipinski definition) is 0. The van der Waals surface area contributed by atoms with Gasteiger partial charge < -0.3 is 9.47 Å². The second kappa shape index (κ2) is 5.61. The third-order valence-corrected chi connectivity index (χ3v) is 2.40. The summed E-state index contributed by atoms with van der Waals surface area (Å²) in [6.45, 7) is 10.4. The van der Waals surface area contributed by atoms with Crippen molar-refractivity contribution in [3.8, 4) is 0 Å². The Morgan fingerprint density at radius 3 is 1.85 bits per heavy atom. The maximum Gasteiger partial charge on any atom is 0.0699 e. The molecule has 1 heterocycles. The first-order valence-corrected chi connectivity index (χ1v) is 5.26. The zero-order valence-electron chi connectivity index (χ0n) is 9.89. The first kappa shape index (κ1) is 12.9. The molecule has 0 bridgehead atoms. The summed E-state index contributed by atoms with van der Waals surface area (Å²) in [6.07, 6.45) is 2.69. The fraction of sp³-hybridized carbons (Fsp3) is 1.00. The molecule has 80 valence electrons. The van der Waals surface area contributed by atoms with Crippen LogP contribution in [0.3, 0.4) is 0 Å². The number of hydrogen-bond acceptors (Lipinski definition) is 2. The molecule has 1 saturated heterocycles. The van der Waals surface area contributed by atoms with Crippen molar-refractivity contribution in [2.45, 2.75) is 65.3 Å². The van der Waals surface area contributed by atoms with Gasteiger partial charge in [0.25, 0.3) is 0 Å². The lowest BCUT2D eigenvalue weighted by atomic mass is 9.89. The summed E-state index contributed by atoms with van der Waals surface area (Å²) in [6, 6.07) is 0. The average Bonchev–Trinajstić information content (AvgIpc) is 2.06. The highest BCUT2D eigenvalue weighted by molar-refractivity contribution is 4.84. The van der Waals surface area contributed by atoms with Crippen LogP contribution < -0.4 is 0 Å². The van der Waals surface area contributed by atoms with Gasteiger partial charge in [-0.2, -0.15) is 0 Å². The molecular weight excluding hydrogens is 164 g/mol. The Kier molecular flexibility index (Phi) is 5.57. The van der Waals surface area contributed by atoms with E-state index in [2.05, 4.69) is 20.8 Å². The van der Waals surface area contributed by atoms with Crippen molar-refractivity contribution >= 4 is 0 Å². The maximum absolute atomic E-state index is 5.60. The summed E-state index contributed by atoms with van der Waals surface area (Å²) in [5, 5.41) is 0. The summed E-state index contributed by atoms with van der Waals surface area (Å²) in [5.74, 6) is 0. The molecule has 0 saturated carbocycles. The molecule has 0 aromatic rings. The molecule has 1 fully saturated rings. The summed E-state index contributed by atoms with van der Waals surface area (Å²) in [7, 11) is 1.78. The third-order valence-electron chi connectivity index (χ3n) is 2.40. The Bertz CT molecular complexity index is 124. The van der Waals surface area contributed by atoms with Crippen LogP contribution in [0, 0.1) is 0 Å². The number of rotatable bonds is 1. The lowest BCUT2D eigenvalue weighted by Gasteiger charge is -2.39. The monoisotopic (exact) mass is 188 g/mol. The van der Waals surface area contributed by atoms with E-state index in [-0.39, 0.29) is 5.60 Å². The molecule has 0 amide bonds. The van der Waals surface area contributed by atoms with Gasteiger partial charge in [-0.1, -0.05) is 13.8 Å². The summed E-state index contributed by atoms with van der Waals surface area (Å²) in [4.78, 5) is 0. The molecule has 0 aliphatic carbocycles. The topological polar surface area (TPSA) is 18.5 Å². The van der Waals surface area contributed by atoms with E-state index < -0.39 is 0 Å². The van der Waals surface area contributed by atoms with Gasteiger partial charge in [0.15, 0.2) is 0 Å². The van der Waals surface area contributed by atoms with Gasteiger partial charge in [0, 0.05) is 20.0 Å². The Morgan fingerprint density at radius 1 is 1.15 bits per heavy atom. The smallest absolute Gasteiger partial charge is 0.0699 e. The van der Waals surface area contributed by atoms with Crippen LogP contribution in [0.25, 0.3) is 0 Å². The van der Waals surface area contributed by atoms with E-state index in [0.29, 0.717) is 12.2 Å². The molecule has 3 atom stereocenters. The fourth-order valence-corrected chi connectivity index (χ4v) is 1.96. The van der Waals surface area contributed by atoms with E-state index in [1.165, 1.54) is 0 Å². The highest BCUT2D eigenvalue weighted by atomic mass is 16.5. The Balaban J connectivity index is 0.000000671. The standard InChI is InChI=1S/C9H18O2.C2H6/c1-7-5-9(3,10-4)6-8(2)11-7;1-2/h7-8H,5-6H2,1-4H3;1-2H3/t7-,8?,9?;/m0./s1. The second-order valence-corrected chi connectivity index (χ2v) is 3.82. The van der Waals surface area contributed by atoms with E-state index in [1.807, 2.05) is 13.8 Å². The van der Waals surface area contributed by atoms with E-state index >= 15 is 0 Å². The Hall–Kier alpha value is -0.0800. The van der Waals surface area contributed by atoms with Gasteiger partial charge in [-0.15, -0.1) is 0 Å². The zero-order valence-corrected chi connectivity index (χ0v) is 9.89. The predicted octanol–water partition coefficient (Wildman–Crippen LogP) is 3.01. The minimum Gasteiger partial charge on any atom is -0.378 e. The van der Waals surface area contributed by atoms with E-state index in [0.717, 1.165) is 12.8 Å². The largest absolute Gasteiger partial charge is 0.378 e. The predicted molar refractivity (Wildman–Crippen MR) is 56.0 cm³/mol. The molecule has 2 unspecified atom stereocenters. The van der Waals surface area contributed by atoms with Gasteiger partial charge in [-0.25, -0.2) is 0 Å². The van der Waals surface area contributed by atoms with Gasteiger partial charge >= 0.3 is 0 Å². The van der Waals surface area contributed by atoms with Crippen molar-refractivity contribution in [2.75, 3.05) is 7.11 Å². The summed E-state index contributed by atoms with van der Waals surface area (Å²) in [5.41, 5.74) is 0.0388. The van der Waals surface area contributed by atoms with Gasteiger partial charge in [0.05, 0.1) is 17.8 Å². The minimum absolute atomic E-state index is 0.0388. The van der Waals surface area contributed by atoms with Crippen LogP contribution in [0.2, 0.25) is 0 Å². The van der Waals surface area contributed by atoms with Crippen molar-refractivity contribution in [1.82, 2.24) is 0 Å². The number of ether oxygens (including phenoxy) is 2. The van der Waals surface area contributed by atoms with E-state index in [1.54, 1.807) is 7.11 Å². The molecule has 2 heteroatoms. The zero-order chi connectivity index (χ0) is 10.5. The van der Waals surface area contributed by atoms with Gasteiger partial charge in [-0.3, -0.25) is 0 Å². The number of methoxy groups -OCH3 is 1. The first-order valence-electron chi connectivity index (χ1n) is 5.26. The van der Waals surface area contributed by atoms with E-state index in [4.69, 9.17) is 9.47 Å². The van der Waals surface area contributed by atoms with Gasteiger partial charge in [0.1, 0.15) is 0 Å². The Morgan fingerprint density at radius 2 is 1.54 bits per heavy atom. The highest BCUT2D eigenvalue weighted by Crippen LogP contribution is 2.30. The minimum atomic E-state index is 0.0388. The normalized spacial score (nSPS) is 39.2. The van der Waals surface area contributed by atoms with Gasteiger partial charge in [-0.05, 0) is 20.8 Å². The van der Waals surface area contributed by atoms with Crippen LogP contribution in [0.15, 0.2) is 0 Å². The molecular formula is C11H24O2. The molecule has 0 N–H and O–H groups in total. The van der Waals surface area contributed by atoms with Crippen LogP contribution in [0.4, 0.5) is 0 Å². The van der Waals surface area contributed by atoms with Crippen molar-refractivity contribution in [3.63, 3.8) is 0 Å². The average molecular weight is 188 g/mol. The fourth-order valence-electron chi connectivity index (χ4n) is 1.96. The molecule has 0 radical (unpaired) electrons. The molecule has 0 aromatic carbocycles. The van der Waals surface area contributed by atoms with Crippen molar-refractivity contribution in [3.05, 3.63) is 0 Å². The molecule has 13 heavy (non-hydrogen) atoms. The quantitative estimate of drug-likeness (QED) is 0.630. The lowest BCUT2D eigenvalue weighted by molar-refractivity contribution is -0.138. The van der Waals surface area contributed by atoms with Crippen LogP contribution in [-0.4, -0.2) is 24.9 Å². The summed E-state index contributed by atoms with van der Waals surface area (Å²) < 4.78 is 11.0. The highest BCUT2D eigenvalue weighted by Gasteiger charge is 2.34. The first-order chi connectivity index (χ1) is 6.06. The van der Waals surface area contributed by atoms with Crippen molar-refractivity contribution in [1.29, 1.82) is 0 Å². The van der Waals surface area contributed by atoms with Gasteiger partial charge in [0.2, 0.25) is 0 Å².